The van der Waals surface area contributed by atoms with Crippen LogP contribution in [0.5, 0.6) is 0 Å². The van der Waals surface area contributed by atoms with E-state index < -0.39 is 23.0 Å². The Kier molecular flexibility index (Phi) is 7.49. The monoisotopic (exact) mass is 422 g/mol. The van der Waals surface area contributed by atoms with E-state index >= 15 is 0 Å². The van der Waals surface area contributed by atoms with Gasteiger partial charge < -0.3 is 19.5 Å². The van der Waals surface area contributed by atoms with Crippen LogP contribution in [0.1, 0.15) is 57.0 Å². The summed E-state index contributed by atoms with van der Waals surface area (Å²) in [4.78, 5) is 29.5. The van der Waals surface area contributed by atoms with Gasteiger partial charge in [-0.05, 0) is 65.2 Å². The third-order valence-corrected chi connectivity index (χ3v) is 4.81. The van der Waals surface area contributed by atoms with Gasteiger partial charge in [0, 0.05) is 12.6 Å². The summed E-state index contributed by atoms with van der Waals surface area (Å²) in [5.74, 6) is -0.919. The highest BCUT2D eigenvalue weighted by Crippen LogP contribution is 2.28. The van der Waals surface area contributed by atoms with Crippen molar-refractivity contribution >= 4 is 12.0 Å². The van der Waals surface area contributed by atoms with Crippen LogP contribution in [0, 0.1) is 0 Å². The van der Waals surface area contributed by atoms with Gasteiger partial charge in [-0.1, -0.05) is 12.1 Å². The molecule has 1 saturated heterocycles. The van der Waals surface area contributed by atoms with Gasteiger partial charge in [0.15, 0.2) is 5.79 Å². The van der Waals surface area contributed by atoms with E-state index in [2.05, 4.69) is 5.32 Å². The summed E-state index contributed by atoms with van der Waals surface area (Å²) in [7, 11) is 3.01. The maximum absolute atomic E-state index is 12.4. The summed E-state index contributed by atoms with van der Waals surface area (Å²) in [5, 5.41) is 4.13. The average Bonchev–Trinajstić information content (AvgIpc) is 2.66. The van der Waals surface area contributed by atoms with Crippen LogP contribution >= 0.6 is 0 Å². The largest absolute Gasteiger partial charge is 0.444 e. The number of hydrogen-bond donors (Lipinski definition) is 1. The minimum atomic E-state index is -0.706. The minimum Gasteiger partial charge on any atom is -0.444 e. The molecule has 2 amide bonds. The van der Waals surface area contributed by atoms with Crippen LogP contribution in [0.15, 0.2) is 24.3 Å². The summed E-state index contributed by atoms with van der Waals surface area (Å²) in [6.45, 7) is 9.78. The number of aryl methyl sites for hydroxylation is 1. The summed E-state index contributed by atoms with van der Waals surface area (Å²) < 4.78 is 17.1. The highest BCUT2D eigenvalue weighted by Gasteiger charge is 2.41. The van der Waals surface area contributed by atoms with E-state index in [4.69, 9.17) is 19.0 Å². The molecule has 1 heterocycles. The normalized spacial score (nSPS) is 17.8. The predicted molar refractivity (Wildman–Crippen MR) is 112 cm³/mol. The second kappa shape index (κ2) is 9.32. The molecule has 1 aliphatic heterocycles. The number of hydroxylamine groups is 2. The van der Waals surface area contributed by atoms with Gasteiger partial charge in [0.05, 0.1) is 25.9 Å². The van der Waals surface area contributed by atoms with Crippen molar-refractivity contribution in [1.29, 1.82) is 0 Å². The first kappa shape index (κ1) is 24.1. The Labute approximate surface area is 178 Å². The zero-order chi connectivity index (χ0) is 22.6. The fraction of sp³-hybridized carbons (Fsp3) is 0.636. The number of rotatable bonds is 6. The van der Waals surface area contributed by atoms with Gasteiger partial charge in [0.2, 0.25) is 0 Å². The number of alkyl carbamates (subject to hydrolysis) is 1. The zero-order valence-electron chi connectivity index (χ0n) is 19.0. The summed E-state index contributed by atoms with van der Waals surface area (Å²) >= 11 is 0. The summed E-state index contributed by atoms with van der Waals surface area (Å²) in [6, 6.07) is 7.31. The van der Waals surface area contributed by atoms with Crippen LogP contribution in [0.25, 0.3) is 0 Å². The molecule has 1 aliphatic rings. The second-order valence-corrected chi connectivity index (χ2v) is 9.07. The molecule has 1 fully saturated rings. The quantitative estimate of drug-likeness (QED) is 0.708. The van der Waals surface area contributed by atoms with Crippen molar-refractivity contribution in [2.75, 3.05) is 27.4 Å². The van der Waals surface area contributed by atoms with Crippen molar-refractivity contribution in [2.24, 2.45) is 0 Å². The molecule has 0 aromatic heterocycles. The molecular weight excluding hydrogens is 388 g/mol. The van der Waals surface area contributed by atoms with Gasteiger partial charge in [0.1, 0.15) is 5.60 Å². The molecule has 8 heteroatoms. The molecule has 168 valence electrons. The van der Waals surface area contributed by atoms with Crippen molar-refractivity contribution in [3.05, 3.63) is 35.4 Å². The first-order chi connectivity index (χ1) is 13.8. The molecular formula is C22H34N2O6. The van der Waals surface area contributed by atoms with E-state index in [0.29, 0.717) is 31.6 Å². The third-order valence-electron chi connectivity index (χ3n) is 4.81. The van der Waals surface area contributed by atoms with E-state index in [1.807, 2.05) is 46.8 Å². The number of carbonyl (C=O) groups excluding carboxylic acids is 2. The van der Waals surface area contributed by atoms with Crippen LogP contribution in [0.4, 0.5) is 4.79 Å². The standard InChI is InChI=1S/C22H34N2O6/c1-20(2,3)30-19(26)23-22(14-28-21(4,5)29-15-22)13-12-16-8-10-17(11-9-16)18(25)24(6)27-7/h8-11H,12-15H2,1-7H3,(H,23,26). The van der Waals surface area contributed by atoms with Gasteiger partial charge in [-0.25, -0.2) is 9.86 Å². The van der Waals surface area contributed by atoms with E-state index in [1.54, 1.807) is 19.2 Å². The molecule has 0 bridgehead atoms. The molecule has 30 heavy (non-hydrogen) atoms. The minimum absolute atomic E-state index is 0.219. The molecule has 0 unspecified atom stereocenters. The number of carbonyl (C=O) groups is 2. The topological polar surface area (TPSA) is 86.3 Å². The second-order valence-electron chi connectivity index (χ2n) is 9.07. The van der Waals surface area contributed by atoms with Gasteiger partial charge in [-0.3, -0.25) is 9.63 Å². The number of ether oxygens (including phenoxy) is 3. The summed E-state index contributed by atoms with van der Waals surface area (Å²) in [5.41, 5.74) is 0.263. The average molecular weight is 423 g/mol. The molecule has 2 rings (SSSR count). The van der Waals surface area contributed by atoms with Crippen LogP contribution in [-0.4, -0.2) is 61.4 Å². The first-order valence-corrected chi connectivity index (χ1v) is 10.0. The molecule has 8 nitrogen and oxygen atoms in total. The fourth-order valence-corrected chi connectivity index (χ4v) is 2.97. The lowest BCUT2D eigenvalue weighted by atomic mass is 9.91. The molecule has 1 aromatic rings. The van der Waals surface area contributed by atoms with Crippen molar-refractivity contribution in [3.63, 3.8) is 0 Å². The van der Waals surface area contributed by atoms with Crippen molar-refractivity contribution in [1.82, 2.24) is 10.4 Å². The van der Waals surface area contributed by atoms with Crippen LogP contribution in [0.2, 0.25) is 0 Å². The Hall–Kier alpha value is -2.16. The Morgan fingerprint density at radius 1 is 1.13 bits per heavy atom. The zero-order valence-corrected chi connectivity index (χ0v) is 19.0. The molecule has 0 radical (unpaired) electrons. The van der Waals surface area contributed by atoms with Crippen LogP contribution < -0.4 is 5.32 Å². The highest BCUT2D eigenvalue weighted by molar-refractivity contribution is 5.93. The van der Waals surface area contributed by atoms with E-state index in [9.17, 15) is 9.59 Å². The molecule has 0 spiro atoms. The number of hydrogen-bond acceptors (Lipinski definition) is 6. The fourth-order valence-electron chi connectivity index (χ4n) is 2.97. The van der Waals surface area contributed by atoms with Gasteiger partial charge >= 0.3 is 6.09 Å². The molecule has 1 N–H and O–H groups in total. The molecule has 0 atom stereocenters. The van der Waals surface area contributed by atoms with Gasteiger partial charge in [-0.2, -0.15) is 0 Å². The molecule has 0 saturated carbocycles. The predicted octanol–water partition coefficient (Wildman–Crippen LogP) is 3.30. The lowest BCUT2D eigenvalue weighted by Crippen LogP contribution is -2.61. The Morgan fingerprint density at radius 3 is 2.20 bits per heavy atom. The number of amides is 2. The van der Waals surface area contributed by atoms with E-state index in [0.717, 1.165) is 5.56 Å². The van der Waals surface area contributed by atoms with Crippen molar-refractivity contribution in [3.8, 4) is 0 Å². The van der Waals surface area contributed by atoms with Crippen molar-refractivity contribution < 1.29 is 28.6 Å². The Bertz CT molecular complexity index is 729. The third kappa shape index (κ3) is 6.97. The van der Waals surface area contributed by atoms with E-state index in [1.165, 1.54) is 12.2 Å². The molecule has 1 aromatic carbocycles. The van der Waals surface area contributed by atoms with E-state index in [-0.39, 0.29) is 5.91 Å². The van der Waals surface area contributed by atoms with Gasteiger partial charge in [0.25, 0.3) is 5.91 Å². The first-order valence-electron chi connectivity index (χ1n) is 10.0. The highest BCUT2D eigenvalue weighted by atomic mass is 16.7. The van der Waals surface area contributed by atoms with Crippen LogP contribution in [0.3, 0.4) is 0 Å². The maximum Gasteiger partial charge on any atom is 0.408 e. The van der Waals surface area contributed by atoms with Crippen LogP contribution in [-0.2, 0) is 25.5 Å². The lowest BCUT2D eigenvalue weighted by Gasteiger charge is -2.44. The Morgan fingerprint density at radius 2 is 1.70 bits per heavy atom. The van der Waals surface area contributed by atoms with Crippen molar-refractivity contribution in [2.45, 2.75) is 64.4 Å². The maximum atomic E-state index is 12.4. The lowest BCUT2D eigenvalue weighted by molar-refractivity contribution is -0.271. The molecule has 0 aliphatic carbocycles. The van der Waals surface area contributed by atoms with Gasteiger partial charge in [-0.15, -0.1) is 0 Å². The Balaban J connectivity index is 2.07. The number of benzene rings is 1. The SMILES string of the molecule is CON(C)C(=O)c1ccc(CCC2(NC(=O)OC(C)(C)C)COC(C)(C)OC2)cc1. The number of nitrogens with one attached hydrogen (secondary N) is 1. The number of nitrogens with zero attached hydrogens (tertiary/aromatic N) is 1. The summed E-state index contributed by atoms with van der Waals surface area (Å²) in [6.07, 6.45) is 0.753. The smallest absolute Gasteiger partial charge is 0.408 e.